The molecule has 1 atom stereocenters. The van der Waals surface area contributed by atoms with E-state index in [1.165, 1.54) is 30.4 Å². The van der Waals surface area contributed by atoms with Crippen molar-refractivity contribution in [2.24, 2.45) is 0 Å². The predicted octanol–water partition coefficient (Wildman–Crippen LogP) is 3.41. The third kappa shape index (κ3) is 5.74. The van der Waals surface area contributed by atoms with Crippen molar-refractivity contribution in [1.29, 1.82) is 0 Å². The monoisotopic (exact) mass is 481 g/mol. The lowest BCUT2D eigenvalue weighted by molar-refractivity contribution is -0.137. The summed E-state index contributed by atoms with van der Waals surface area (Å²) in [6, 6.07) is 7.01. The minimum Gasteiger partial charge on any atom is -0.447 e. The minimum absolute atomic E-state index is 0.0294. The summed E-state index contributed by atoms with van der Waals surface area (Å²) in [5, 5.41) is 10.1. The molecule has 2 N–H and O–H groups in total. The van der Waals surface area contributed by atoms with Gasteiger partial charge in [0.15, 0.2) is 11.9 Å². The number of urea groups is 1. The number of esters is 1. The molecule has 33 heavy (non-hydrogen) atoms. The van der Waals surface area contributed by atoms with Crippen LogP contribution in [-0.2, 0) is 15.7 Å². The maximum absolute atomic E-state index is 13.2. The highest BCUT2D eigenvalue weighted by Crippen LogP contribution is 2.32. The van der Waals surface area contributed by atoms with Crippen molar-refractivity contribution >= 4 is 29.2 Å². The molecule has 3 aromatic rings. The standard InChI is InChI=1S/C20H18F3N5O4S/c1-3-24-19(31)26-17(29)11(2)32-18(30)15-25-16(14-8-5-9-33-14)28(27-15)13-7-4-6-12(10-13)20(21,22)23/h4-11H,3H2,1-2H3,(H2,24,26,29,31). The Balaban J connectivity index is 1.90. The number of nitrogens with zero attached hydrogens (tertiary/aromatic N) is 3. The summed E-state index contributed by atoms with van der Waals surface area (Å²) in [6.07, 6.45) is -5.93. The number of carbonyl (C=O) groups is 3. The highest BCUT2D eigenvalue weighted by Gasteiger charge is 2.31. The number of hydrogen-bond donors (Lipinski definition) is 2. The van der Waals surface area contributed by atoms with Crippen LogP contribution in [0.25, 0.3) is 16.4 Å². The molecule has 0 bridgehead atoms. The normalized spacial score (nSPS) is 12.2. The van der Waals surface area contributed by atoms with E-state index >= 15 is 0 Å². The fourth-order valence-electron chi connectivity index (χ4n) is 2.64. The molecule has 0 aliphatic rings. The van der Waals surface area contributed by atoms with E-state index in [2.05, 4.69) is 15.4 Å². The molecule has 2 aromatic heterocycles. The molecule has 0 radical (unpaired) electrons. The van der Waals surface area contributed by atoms with Crippen LogP contribution < -0.4 is 10.6 Å². The zero-order valence-electron chi connectivity index (χ0n) is 17.3. The average molecular weight is 481 g/mol. The summed E-state index contributed by atoms with van der Waals surface area (Å²) in [4.78, 5) is 40.7. The van der Waals surface area contributed by atoms with Crippen LogP contribution in [-0.4, -0.2) is 45.3 Å². The Bertz CT molecular complexity index is 1160. The molecule has 1 aromatic carbocycles. The lowest BCUT2D eigenvalue weighted by atomic mass is 10.2. The van der Waals surface area contributed by atoms with E-state index in [4.69, 9.17) is 4.74 Å². The highest BCUT2D eigenvalue weighted by atomic mass is 32.1. The van der Waals surface area contributed by atoms with Gasteiger partial charge < -0.3 is 10.1 Å². The average Bonchev–Trinajstić information content (AvgIpc) is 3.43. The Morgan fingerprint density at radius 3 is 2.61 bits per heavy atom. The molecule has 13 heteroatoms. The quantitative estimate of drug-likeness (QED) is 0.522. The van der Waals surface area contributed by atoms with Crippen molar-refractivity contribution in [3.63, 3.8) is 0 Å². The third-order valence-electron chi connectivity index (χ3n) is 4.18. The van der Waals surface area contributed by atoms with Crippen molar-refractivity contribution in [3.05, 3.63) is 53.2 Å². The van der Waals surface area contributed by atoms with Gasteiger partial charge in [-0.1, -0.05) is 12.1 Å². The summed E-state index contributed by atoms with van der Waals surface area (Å²) < 4.78 is 45.6. The Hall–Kier alpha value is -3.74. The first kappa shape index (κ1) is 23.9. The van der Waals surface area contributed by atoms with Crippen LogP contribution in [0, 0.1) is 0 Å². The van der Waals surface area contributed by atoms with E-state index in [0.717, 1.165) is 16.8 Å². The van der Waals surface area contributed by atoms with Crippen LogP contribution in [0.2, 0.25) is 0 Å². The Morgan fingerprint density at radius 2 is 1.97 bits per heavy atom. The topological polar surface area (TPSA) is 115 Å². The molecule has 0 saturated carbocycles. The first-order valence-electron chi connectivity index (χ1n) is 9.58. The van der Waals surface area contributed by atoms with E-state index < -0.39 is 41.6 Å². The molecule has 0 spiro atoms. The van der Waals surface area contributed by atoms with Gasteiger partial charge in [-0.3, -0.25) is 10.1 Å². The van der Waals surface area contributed by atoms with Crippen LogP contribution in [0.1, 0.15) is 30.0 Å². The smallest absolute Gasteiger partial charge is 0.416 e. The van der Waals surface area contributed by atoms with E-state index in [1.54, 1.807) is 24.4 Å². The number of amides is 3. The second kappa shape index (κ2) is 9.81. The third-order valence-corrected chi connectivity index (χ3v) is 5.04. The van der Waals surface area contributed by atoms with Gasteiger partial charge in [-0.15, -0.1) is 16.4 Å². The zero-order chi connectivity index (χ0) is 24.2. The number of benzene rings is 1. The van der Waals surface area contributed by atoms with Crippen LogP contribution in [0.3, 0.4) is 0 Å². The summed E-state index contributed by atoms with van der Waals surface area (Å²) in [5.41, 5.74) is -0.866. The number of rotatable bonds is 6. The summed E-state index contributed by atoms with van der Waals surface area (Å²) in [7, 11) is 0. The van der Waals surface area contributed by atoms with Gasteiger partial charge in [0.1, 0.15) is 0 Å². The minimum atomic E-state index is -4.58. The Kier molecular flexibility index (Phi) is 7.11. The second-order valence-corrected chi connectivity index (χ2v) is 7.54. The van der Waals surface area contributed by atoms with Gasteiger partial charge in [-0.05, 0) is 43.5 Å². The van der Waals surface area contributed by atoms with Crippen LogP contribution >= 0.6 is 11.3 Å². The van der Waals surface area contributed by atoms with E-state index in [0.29, 0.717) is 4.88 Å². The number of ether oxygens (including phenoxy) is 1. The predicted molar refractivity (Wildman–Crippen MR) is 112 cm³/mol. The van der Waals surface area contributed by atoms with Gasteiger partial charge in [0, 0.05) is 6.54 Å². The molecule has 174 valence electrons. The SMILES string of the molecule is CCNC(=O)NC(=O)C(C)OC(=O)c1nc(-c2cccs2)n(-c2cccc(C(F)(F)F)c2)n1. The molecule has 0 fully saturated rings. The maximum atomic E-state index is 13.2. The summed E-state index contributed by atoms with van der Waals surface area (Å²) in [5.74, 6) is -2.30. The lowest BCUT2D eigenvalue weighted by Gasteiger charge is -2.11. The lowest BCUT2D eigenvalue weighted by Crippen LogP contribution is -2.44. The fraction of sp³-hybridized carbons (Fsp3) is 0.250. The fourth-order valence-corrected chi connectivity index (χ4v) is 3.34. The Labute approximate surface area is 189 Å². The molecule has 0 aliphatic carbocycles. The number of thiophene rings is 1. The summed E-state index contributed by atoms with van der Waals surface area (Å²) in [6.45, 7) is 3.19. The number of hydrogen-bond acceptors (Lipinski definition) is 7. The van der Waals surface area contributed by atoms with Gasteiger partial charge in [0.2, 0.25) is 0 Å². The highest BCUT2D eigenvalue weighted by molar-refractivity contribution is 7.13. The van der Waals surface area contributed by atoms with E-state index in [9.17, 15) is 27.6 Å². The van der Waals surface area contributed by atoms with Gasteiger partial charge in [0.25, 0.3) is 11.7 Å². The number of halogens is 3. The molecule has 2 heterocycles. The zero-order valence-corrected chi connectivity index (χ0v) is 18.2. The number of alkyl halides is 3. The number of imide groups is 1. The molecule has 0 saturated heterocycles. The molecule has 9 nitrogen and oxygen atoms in total. The first-order chi connectivity index (χ1) is 15.6. The number of aromatic nitrogens is 3. The van der Waals surface area contributed by atoms with Crippen molar-refractivity contribution in [1.82, 2.24) is 25.4 Å². The van der Waals surface area contributed by atoms with Gasteiger partial charge in [-0.25, -0.2) is 14.3 Å². The molecule has 3 amide bonds. The number of carbonyl (C=O) groups excluding carboxylic acids is 3. The molecular formula is C20H18F3N5O4S. The maximum Gasteiger partial charge on any atom is 0.416 e. The van der Waals surface area contributed by atoms with Gasteiger partial charge >= 0.3 is 18.2 Å². The Morgan fingerprint density at radius 1 is 1.21 bits per heavy atom. The summed E-state index contributed by atoms with van der Waals surface area (Å²) >= 11 is 1.24. The van der Waals surface area contributed by atoms with Crippen LogP contribution in [0.15, 0.2) is 41.8 Å². The second-order valence-electron chi connectivity index (χ2n) is 6.59. The number of nitrogens with one attached hydrogen (secondary N) is 2. The first-order valence-corrected chi connectivity index (χ1v) is 10.5. The largest absolute Gasteiger partial charge is 0.447 e. The van der Waals surface area contributed by atoms with E-state index in [-0.39, 0.29) is 18.1 Å². The van der Waals surface area contributed by atoms with Crippen molar-refractivity contribution in [2.45, 2.75) is 26.1 Å². The molecule has 3 rings (SSSR count). The van der Waals surface area contributed by atoms with Crippen molar-refractivity contribution in [2.75, 3.05) is 6.54 Å². The van der Waals surface area contributed by atoms with Gasteiger partial charge in [-0.2, -0.15) is 18.2 Å². The van der Waals surface area contributed by atoms with Crippen LogP contribution in [0.4, 0.5) is 18.0 Å². The molecule has 0 aliphatic heterocycles. The van der Waals surface area contributed by atoms with Crippen molar-refractivity contribution < 1.29 is 32.3 Å². The van der Waals surface area contributed by atoms with Crippen molar-refractivity contribution in [3.8, 4) is 16.4 Å². The van der Waals surface area contributed by atoms with Gasteiger partial charge in [0.05, 0.1) is 16.1 Å². The van der Waals surface area contributed by atoms with E-state index in [1.807, 2.05) is 5.32 Å². The molecule has 1 unspecified atom stereocenters. The van der Waals surface area contributed by atoms with Crippen LogP contribution in [0.5, 0.6) is 0 Å². The molecular weight excluding hydrogens is 463 g/mol.